The molecule has 0 aromatic heterocycles. The van der Waals surface area contributed by atoms with Gasteiger partial charge >= 0.3 is 0 Å². The van der Waals surface area contributed by atoms with Crippen molar-refractivity contribution in [2.24, 2.45) is 0 Å². The zero-order valence-electron chi connectivity index (χ0n) is 11.1. The van der Waals surface area contributed by atoms with Gasteiger partial charge in [0.25, 0.3) is 0 Å². The fraction of sp³-hybridized carbons (Fsp3) is 0.188. The molecule has 0 atom stereocenters. The number of nitrogens with zero attached hydrogens (tertiary/aromatic N) is 1. The van der Waals surface area contributed by atoms with Gasteiger partial charge in [0.15, 0.2) is 0 Å². The lowest BCUT2D eigenvalue weighted by atomic mass is 10.1. The van der Waals surface area contributed by atoms with E-state index in [1.165, 1.54) is 5.56 Å². The molecule has 0 spiro atoms. The summed E-state index contributed by atoms with van der Waals surface area (Å²) in [4.78, 5) is 0. The summed E-state index contributed by atoms with van der Waals surface area (Å²) in [6.45, 7) is 6.14. The van der Waals surface area contributed by atoms with Gasteiger partial charge in [-0.2, -0.15) is 5.26 Å². The Morgan fingerprint density at radius 2 is 1.74 bits per heavy atom. The number of aryl methyl sites for hydroxylation is 2. The van der Waals surface area contributed by atoms with Gasteiger partial charge in [0.05, 0.1) is 16.1 Å². The molecule has 2 rings (SSSR count). The summed E-state index contributed by atoms with van der Waals surface area (Å²) in [6.07, 6.45) is 0. The quantitative estimate of drug-likeness (QED) is 0.778. The Balaban J connectivity index is 2.42. The molecule has 2 aromatic carbocycles. The molecular weight excluding hydrogens is 302 g/mol. The molecular formula is C16H14BrNO. The Bertz CT molecular complexity index is 671. The van der Waals surface area contributed by atoms with E-state index >= 15 is 0 Å². The molecule has 0 amide bonds. The van der Waals surface area contributed by atoms with Crippen molar-refractivity contribution in [3.8, 4) is 17.6 Å². The first-order chi connectivity index (χ1) is 9.02. The van der Waals surface area contributed by atoms with E-state index in [2.05, 4.69) is 48.0 Å². The van der Waals surface area contributed by atoms with Gasteiger partial charge in [-0.05, 0) is 71.6 Å². The van der Waals surface area contributed by atoms with Crippen molar-refractivity contribution in [3.05, 3.63) is 57.1 Å². The second kappa shape index (κ2) is 5.46. The minimum atomic E-state index is 0.608. The Hall–Kier alpha value is -1.79. The third-order valence-electron chi connectivity index (χ3n) is 3.15. The minimum absolute atomic E-state index is 0.608. The zero-order chi connectivity index (χ0) is 14.0. The average Bonchev–Trinajstić information content (AvgIpc) is 2.40. The van der Waals surface area contributed by atoms with E-state index in [-0.39, 0.29) is 0 Å². The van der Waals surface area contributed by atoms with Crippen molar-refractivity contribution in [3.63, 3.8) is 0 Å². The van der Waals surface area contributed by atoms with Crippen molar-refractivity contribution < 1.29 is 4.74 Å². The van der Waals surface area contributed by atoms with Crippen molar-refractivity contribution in [1.29, 1.82) is 5.26 Å². The molecule has 96 valence electrons. The minimum Gasteiger partial charge on any atom is -0.456 e. The topological polar surface area (TPSA) is 33.0 Å². The highest BCUT2D eigenvalue weighted by Gasteiger charge is 2.10. The summed E-state index contributed by atoms with van der Waals surface area (Å²) in [5, 5.41) is 8.86. The van der Waals surface area contributed by atoms with Gasteiger partial charge < -0.3 is 4.74 Å². The lowest BCUT2D eigenvalue weighted by Gasteiger charge is -2.14. The van der Waals surface area contributed by atoms with Gasteiger partial charge in [-0.15, -0.1) is 0 Å². The second-order valence-electron chi connectivity index (χ2n) is 4.51. The Morgan fingerprint density at radius 1 is 1.05 bits per heavy atom. The third-order valence-corrected chi connectivity index (χ3v) is 3.77. The van der Waals surface area contributed by atoms with Gasteiger partial charge in [0.2, 0.25) is 0 Å². The van der Waals surface area contributed by atoms with Crippen LogP contribution in [0.15, 0.2) is 34.8 Å². The van der Waals surface area contributed by atoms with E-state index in [9.17, 15) is 0 Å². The fourth-order valence-corrected chi connectivity index (χ4v) is 2.31. The number of nitriles is 1. The fourth-order valence-electron chi connectivity index (χ4n) is 1.85. The van der Waals surface area contributed by atoms with Crippen molar-refractivity contribution in [1.82, 2.24) is 0 Å². The summed E-state index contributed by atoms with van der Waals surface area (Å²) in [5.74, 6) is 1.60. The smallest absolute Gasteiger partial charge is 0.141 e. The number of benzene rings is 2. The van der Waals surface area contributed by atoms with E-state index in [0.29, 0.717) is 5.56 Å². The molecule has 0 saturated carbocycles. The van der Waals surface area contributed by atoms with Crippen LogP contribution < -0.4 is 4.74 Å². The van der Waals surface area contributed by atoms with Crippen LogP contribution in [0.1, 0.15) is 22.3 Å². The molecule has 0 bridgehead atoms. The maximum atomic E-state index is 8.86. The molecule has 19 heavy (non-hydrogen) atoms. The van der Waals surface area contributed by atoms with Crippen molar-refractivity contribution in [2.45, 2.75) is 20.8 Å². The van der Waals surface area contributed by atoms with E-state index in [0.717, 1.165) is 27.1 Å². The second-order valence-corrected chi connectivity index (χ2v) is 5.37. The monoisotopic (exact) mass is 315 g/mol. The highest BCUT2D eigenvalue weighted by Crippen LogP contribution is 2.34. The first-order valence-electron chi connectivity index (χ1n) is 5.97. The van der Waals surface area contributed by atoms with Crippen LogP contribution >= 0.6 is 15.9 Å². The molecule has 2 nitrogen and oxygen atoms in total. The molecule has 0 heterocycles. The predicted octanol–water partition coefficient (Wildman–Crippen LogP) is 5.04. The summed E-state index contributed by atoms with van der Waals surface area (Å²) in [5.41, 5.74) is 4.04. The maximum Gasteiger partial charge on any atom is 0.141 e. The van der Waals surface area contributed by atoms with Gasteiger partial charge in [0.1, 0.15) is 11.5 Å². The molecule has 0 N–H and O–H groups in total. The van der Waals surface area contributed by atoms with E-state index < -0.39 is 0 Å². The molecule has 0 fully saturated rings. The maximum absolute atomic E-state index is 8.86. The number of halogens is 1. The first-order valence-corrected chi connectivity index (χ1v) is 6.76. The normalized spacial score (nSPS) is 10.1. The lowest BCUT2D eigenvalue weighted by Crippen LogP contribution is -1.94. The van der Waals surface area contributed by atoms with E-state index in [1.807, 2.05) is 13.0 Å². The summed E-state index contributed by atoms with van der Waals surface area (Å²) in [6, 6.07) is 11.6. The molecule has 0 aliphatic rings. The first kappa shape index (κ1) is 13.6. The molecule has 0 unspecified atom stereocenters. The van der Waals surface area contributed by atoms with Crippen molar-refractivity contribution in [2.75, 3.05) is 0 Å². The Kier molecular flexibility index (Phi) is 3.92. The van der Waals surface area contributed by atoms with Gasteiger partial charge in [-0.25, -0.2) is 0 Å². The van der Waals surface area contributed by atoms with Crippen LogP contribution in [0.25, 0.3) is 0 Å². The van der Waals surface area contributed by atoms with Crippen LogP contribution in [-0.2, 0) is 0 Å². The number of hydrogen-bond acceptors (Lipinski definition) is 2. The van der Waals surface area contributed by atoms with Crippen LogP contribution in [0, 0.1) is 32.1 Å². The SMILES string of the molecule is Cc1ccc(C)c(Oc2ccc(C#N)cc2Br)c1C. The van der Waals surface area contributed by atoms with E-state index in [4.69, 9.17) is 10.00 Å². The third kappa shape index (κ3) is 2.80. The molecule has 0 aliphatic heterocycles. The number of rotatable bonds is 2. The zero-order valence-corrected chi connectivity index (χ0v) is 12.7. The van der Waals surface area contributed by atoms with Crippen LogP contribution in [-0.4, -0.2) is 0 Å². The van der Waals surface area contributed by atoms with E-state index in [1.54, 1.807) is 12.1 Å². The number of ether oxygens (including phenoxy) is 1. The van der Waals surface area contributed by atoms with Crippen LogP contribution in [0.2, 0.25) is 0 Å². The summed E-state index contributed by atoms with van der Waals surface area (Å²) < 4.78 is 6.78. The standard InChI is InChI=1S/C16H14BrNO/c1-10-4-5-11(2)16(12(10)3)19-15-7-6-13(9-18)8-14(15)17/h4-8H,1-3H3. The van der Waals surface area contributed by atoms with Gasteiger partial charge in [-0.1, -0.05) is 12.1 Å². The highest BCUT2D eigenvalue weighted by molar-refractivity contribution is 9.10. The Morgan fingerprint density at radius 3 is 2.37 bits per heavy atom. The lowest BCUT2D eigenvalue weighted by molar-refractivity contribution is 0.471. The molecule has 3 heteroatoms. The van der Waals surface area contributed by atoms with Crippen LogP contribution in [0.5, 0.6) is 11.5 Å². The average molecular weight is 316 g/mol. The van der Waals surface area contributed by atoms with Crippen LogP contribution in [0.3, 0.4) is 0 Å². The van der Waals surface area contributed by atoms with Gasteiger partial charge in [0, 0.05) is 0 Å². The molecule has 0 radical (unpaired) electrons. The largest absolute Gasteiger partial charge is 0.456 e. The molecule has 0 saturated heterocycles. The summed E-state index contributed by atoms with van der Waals surface area (Å²) >= 11 is 3.44. The highest BCUT2D eigenvalue weighted by atomic mass is 79.9. The summed E-state index contributed by atoms with van der Waals surface area (Å²) in [7, 11) is 0. The van der Waals surface area contributed by atoms with Crippen LogP contribution in [0.4, 0.5) is 0 Å². The Labute approximate surface area is 121 Å². The van der Waals surface area contributed by atoms with Crippen molar-refractivity contribution >= 4 is 15.9 Å². The molecule has 0 aliphatic carbocycles. The van der Waals surface area contributed by atoms with Gasteiger partial charge in [-0.3, -0.25) is 0 Å². The predicted molar refractivity (Wildman–Crippen MR) is 79.6 cm³/mol. The number of hydrogen-bond donors (Lipinski definition) is 0. The molecule has 2 aromatic rings.